The highest BCUT2D eigenvalue weighted by atomic mass is 16.2. The fourth-order valence-corrected chi connectivity index (χ4v) is 2.44. The van der Waals surface area contributed by atoms with Crippen LogP contribution in [0.4, 0.5) is 5.69 Å². The van der Waals surface area contributed by atoms with Crippen LogP contribution in [0.25, 0.3) is 11.1 Å². The van der Waals surface area contributed by atoms with Crippen molar-refractivity contribution in [3.63, 3.8) is 0 Å². The normalized spacial score (nSPS) is 10.4. The lowest BCUT2D eigenvalue weighted by atomic mass is 10.0. The summed E-state index contributed by atoms with van der Waals surface area (Å²) in [4.78, 5) is 24.1. The van der Waals surface area contributed by atoms with Crippen LogP contribution in [0.2, 0.25) is 0 Å². The Labute approximate surface area is 139 Å². The zero-order valence-corrected chi connectivity index (χ0v) is 13.3. The van der Waals surface area contributed by atoms with Crippen molar-refractivity contribution in [2.45, 2.75) is 13.5 Å². The van der Waals surface area contributed by atoms with Crippen LogP contribution in [0.15, 0.2) is 71.5 Å². The van der Waals surface area contributed by atoms with E-state index in [1.165, 1.54) is 16.8 Å². The summed E-state index contributed by atoms with van der Waals surface area (Å²) in [6.07, 6.45) is 0. The Morgan fingerprint density at radius 2 is 1.71 bits per heavy atom. The Morgan fingerprint density at radius 3 is 2.46 bits per heavy atom. The summed E-state index contributed by atoms with van der Waals surface area (Å²) in [5, 5.41) is 6.96. The number of nitrogens with zero attached hydrogens (tertiary/aromatic N) is 2. The lowest BCUT2D eigenvalue weighted by Crippen LogP contribution is -2.25. The van der Waals surface area contributed by atoms with E-state index in [1.54, 1.807) is 6.92 Å². The quantitative estimate of drug-likeness (QED) is 0.803. The Bertz CT molecular complexity index is 917. The number of aromatic nitrogens is 2. The summed E-state index contributed by atoms with van der Waals surface area (Å²) >= 11 is 0. The Hall–Kier alpha value is -3.21. The maximum atomic E-state index is 12.5. The van der Waals surface area contributed by atoms with E-state index < -0.39 is 0 Å². The predicted octanol–water partition coefficient (Wildman–Crippen LogP) is 3.18. The molecule has 24 heavy (non-hydrogen) atoms. The highest BCUT2D eigenvalue weighted by Crippen LogP contribution is 2.27. The minimum absolute atomic E-state index is 0.208. The lowest BCUT2D eigenvalue weighted by Gasteiger charge is -2.11. The van der Waals surface area contributed by atoms with Gasteiger partial charge in [-0.1, -0.05) is 48.5 Å². The number of carbonyl (C=O) groups is 1. The van der Waals surface area contributed by atoms with E-state index in [9.17, 15) is 9.59 Å². The van der Waals surface area contributed by atoms with E-state index in [4.69, 9.17) is 0 Å². The molecular weight excluding hydrogens is 302 g/mol. The molecular formula is C19H17N3O2. The number of aryl methyl sites for hydroxylation is 1. The van der Waals surface area contributed by atoms with Crippen LogP contribution in [-0.4, -0.2) is 15.7 Å². The average Bonchev–Trinajstić information content (AvgIpc) is 2.63. The third-order valence-electron chi connectivity index (χ3n) is 3.66. The van der Waals surface area contributed by atoms with Gasteiger partial charge >= 0.3 is 0 Å². The van der Waals surface area contributed by atoms with Crippen LogP contribution < -0.4 is 10.9 Å². The van der Waals surface area contributed by atoms with Crippen molar-refractivity contribution in [2.24, 2.45) is 0 Å². The van der Waals surface area contributed by atoms with E-state index in [2.05, 4.69) is 10.4 Å². The molecule has 0 spiro atoms. The first-order valence-electron chi connectivity index (χ1n) is 7.73. The molecule has 3 rings (SSSR count). The van der Waals surface area contributed by atoms with Crippen molar-refractivity contribution in [3.05, 3.63) is 82.8 Å². The maximum Gasteiger partial charge on any atom is 0.276 e. The minimum atomic E-state index is -0.347. The number of nitrogens with one attached hydrogen (secondary N) is 1. The van der Waals surface area contributed by atoms with Crippen molar-refractivity contribution in [1.82, 2.24) is 9.78 Å². The molecule has 0 saturated carbocycles. The van der Waals surface area contributed by atoms with Crippen LogP contribution in [-0.2, 0) is 6.54 Å². The number of anilines is 1. The van der Waals surface area contributed by atoms with Gasteiger partial charge in [-0.25, -0.2) is 4.68 Å². The van der Waals surface area contributed by atoms with Gasteiger partial charge in [0.25, 0.3) is 11.5 Å². The molecule has 0 aliphatic carbocycles. The summed E-state index contributed by atoms with van der Waals surface area (Å²) in [6, 6.07) is 20.2. The fraction of sp³-hybridized carbons (Fsp3) is 0.105. The monoisotopic (exact) mass is 319 g/mol. The third-order valence-corrected chi connectivity index (χ3v) is 3.66. The van der Waals surface area contributed by atoms with E-state index >= 15 is 0 Å². The van der Waals surface area contributed by atoms with Gasteiger partial charge in [0.1, 0.15) is 5.69 Å². The van der Waals surface area contributed by atoms with Crippen molar-refractivity contribution >= 4 is 11.6 Å². The van der Waals surface area contributed by atoms with Crippen molar-refractivity contribution < 1.29 is 4.79 Å². The van der Waals surface area contributed by atoms with Crippen molar-refractivity contribution in [2.75, 3.05) is 5.32 Å². The molecule has 1 aromatic heterocycles. The predicted molar refractivity (Wildman–Crippen MR) is 94.0 cm³/mol. The van der Waals surface area contributed by atoms with Crippen LogP contribution in [0.3, 0.4) is 0 Å². The average molecular weight is 319 g/mol. The zero-order valence-electron chi connectivity index (χ0n) is 13.3. The van der Waals surface area contributed by atoms with Gasteiger partial charge in [0.15, 0.2) is 0 Å². The van der Waals surface area contributed by atoms with Crippen LogP contribution in [0.1, 0.15) is 17.4 Å². The summed E-state index contributed by atoms with van der Waals surface area (Å²) in [7, 11) is 0. The molecule has 1 amide bonds. The summed E-state index contributed by atoms with van der Waals surface area (Å²) in [6.45, 7) is 2.22. The lowest BCUT2D eigenvalue weighted by molar-refractivity contribution is 0.102. The molecule has 0 aliphatic heterocycles. The summed E-state index contributed by atoms with van der Waals surface area (Å²) < 4.78 is 1.26. The molecule has 5 heteroatoms. The number of benzene rings is 2. The van der Waals surface area contributed by atoms with Gasteiger partial charge in [-0.2, -0.15) is 5.10 Å². The molecule has 5 nitrogen and oxygen atoms in total. The second-order valence-electron chi connectivity index (χ2n) is 5.24. The van der Waals surface area contributed by atoms with Crippen LogP contribution >= 0.6 is 0 Å². The second kappa shape index (κ2) is 6.91. The topological polar surface area (TPSA) is 64.0 Å². The highest BCUT2D eigenvalue weighted by molar-refractivity contribution is 6.04. The molecule has 1 N–H and O–H groups in total. The molecule has 0 radical (unpaired) electrons. The van der Waals surface area contributed by atoms with E-state index in [0.717, 1.165) is 11.1 Å². The van der Waals surface area contributed by atoms with Gasteiger partial charge in [0, 0.05) is 23.9 Å². The minimum Gasteiger partial charge on any atom is -0.320 e. The number of hydrogen-bond acceptors (Lipinski definition) is 3. The largest absolute Gasteiger partial charge is 0.320 e. The van der Waals surface area contributed by atoms with Crippen LogP contribution in [0.5, 0.6) is 0 Å². The SMILES string of the molecule is CCn1nc(C(=O)Nc2ccccc2-c2ccccc2)ccc1=O. The Morgan fingerprint density at radius 1 is 1.00 bits per heavy atom. The smallest absolute Gasteiger partial charge is 0.276 e. The third kappa shape index (κ3) is 3.25. The van der Waals surface area contributed by atoms with Gasteiger partial charge in [-0.15, -0.1) is 0 Å². The molecule has 120 valence electrons. The first-order chi connectivity index (χ1) is 11.7. The first-order valence-corrected chi connectivity index (χ1v) is 7.73. The molecule has 1 heterocycles. The highest BCUT2D eigenvalue weighted by Gasteiger charge is 2.12. The molecule has 0 unspecified atom stereocenters. The summed E-state index contributed by atoms with van der Waals surface area (Å²) in [5.74, 6) is -0.347. The van der Waals surface area contributed by atoms with E-state index in [1.807, 2.05) is 54.6 Å². The first kappa shape index (κ1) is 15.7. The zero-order chi connectivity index (χ0) is 16.9. The Balaban J connectivity index is 1.92. The molecule has 0 saturated heterocycles. The Kier molecular flexibility index (Phi) is 4.52. The molecule has 2 aromatic carbocycles. The van der Waals surface area contributed by atoms with Crippen LogP contribution in [0, 0.1) is 0 Å². The molecule has 0 aliphatic rings. The van der Waals surface area contributed by atoms with Gasteiger partial charge in [0.2, 0.25) is 0 Å². The second-order valence-corrected chi connectivity index (χ2v) is 5.24. The standard InChI is InChI=1S/C19H17N3O2/c1-2-22-18(23)13-12-17(21-22)19(24)20-16-11-7-6-10-15(16)14-8-4-3-5-9-14/h3-13H,2H2,1H3,(H,20,24). The van der Waals surface area contributed by atoms with Gasteiger partial charge < -0.3 is 5.32 Å². The summed E-state index contributed by atoms with van der Waals surface area (Å²) in [5.41, 5.74) is 2.62. The number of para-hydroxylation sites is 1. The number of rotatable bonds is 4. The number of amides is 1. The number of hydrogen-bond donors (Lipinski definition) is 1. The molecule has 0 fully saturated rings. The van der Waals surface area contributed by atoms with E-state index in [0.29, 0.717) is 12.2 Å². The molecule has 0 bridgehead atoms. The van der Waals surface area contributed by atoms with Gasteiger partial charge in [-0.05, 0) is 24.6 Å². The van der Waals surface area contributed by atoms with Crippen molar-refractivity contribution in [1.29, 1.82) is 0 Å². The van der Waals surface area contributed by atoms with E-state index in [-0.39, 0.29) is 17.2 Å². The molecule has 3 aromatic rings. The van der Waals surface area contributed by atoms with Gasteiger partial charge in [0.05, 0.1) is 0 Å². The number of carbonyl (C=O) groups excluding carboxylic acids is 1. The van der Waals surface area contributed by atoms with Crippen molar-refractivity contribution in [3.8, 4) is 11.1 Å². The fourth-order valence-electron chi connectivity index (χ4n) is 2.44. The molecule has 0 atom stereocenters. The maximum absolute atomic E-state index is 12.5. The van der Waals surface area contributed by atoms with Gasteiger partial charge in [-0.3, -0.25) is 9.59 Å².